The number of carboxylic acid groups (broad SMARTS) is 1. The number of esters is 1. The molecule has 34 heavy (non-hydrogen) atoms. The number of rotatable bonds is 6. The predicted molar refractivity (Wildman–Crippen MR) is 124 cm³/mol. The molecule has 0 unspecified atom stereocenters. The van der Waals surface area contributed by atoms with Crippen LogP contribution in [0.3, 0.4) is 0 Å². The third-order valence-corrected chi connectivity index (χ3v) is 5.94. The monoisotopic (exact) mass is 470 g/mol. The van der Waals surface area contributed by atoms with E-state index in [2.05, 4.69) is 29.7 Å². The molecule has 1 amide bonds. The third kappa shape index (κ3) is 5.16. The van der Waals surface area contributed by atoms with Gasteiger partial charge in [-0.1, -0.05) is 0 Å². The Labute approximate surface area is 198 Å². The highest BCUT2D eigenvalue weighted by molar-refractivity contribution is 5.88. The first-order chi connectivity index (χ1) is 16.4. The Balaban J connectivity index is 1.49. The van der Waals surface area contributed by atoms with Crippen molar-refractivity contribution < 1.29 is 19.4 Å². The van der Waals surface area contributed by atoms with Gasteiger partial charge in [-0.15, -0.1) is 0 Å². The summed E-state index contributed by atoms with van der Waals surface area (Å²) >= 11 is 0. The number of aromatic nitrogens is 4. The SMILES string of the molecule is CCOC(=O)c1cnc(N2CCN(c3ncc4c(n3)CCN(C(=O)O)C4)C[C@@H]2CN(C)C)nc1. The number of fused-ring (bicyclic) bond motifs is 1. The smallest absolute Gasteiger partial charge is 0.407 e. The minimum absolute atomic E-state index is 0.0827. The van der Waals surface area contributed by atoms with Gasteiger partial charge in [0.2, 0.25) is 11.9 Å². The zero-order valence-electron chi connectivity index (χ0n) is 19.7. The lowest BCUT2D eigenvalue weighted by Crippen LogP contribution is -2.57. The quantitative estimate of drug-likeness (QED) is 0.600. The molecule has 0 aromatic carbocycles. The average molecular weight is 471 g/mol. The molecule has 12 heteroatoms. The fraction of sp³-hybridized carbons (Fsp3) is 0.545. The van der Waals surface area contributed by atoms with E-state index in [-0.39, 0.29) is 6.04 Å². The molecule has 2 aromatic rings. The summed E-state index contributed by atoms with van der Waals surface area (Å²) in [6.45, 7) is 5.64. The number of anilines is 2. The molecule has 0 saturated carbocycles. The van der Waals surface area contributed by atoms with Gasteiger partial charge >= 0.3 is 12.1 Å². The first kappa shape index (κ1) is 23.6. The number of nitrogens with zero attached hydrogens (tertiary/aromatic N) is 8. The molecule has 0 spiro atoms. The van der Waals surface area contributed by atoms with E-state index in [1.807, 2.05) is 14.1 Å². The van der Waals surface area contributed by atoms with Crippen molar-refractivity contribution in [2.45, 2.75) is 25.9 Å². The maximum absolute atomic E-state index is 11.9. The van der Waals surface area contributed by atoms with Gasteiger partial charge in [-0.2, -0.15) is 0 Å². The molecule has 1 fully saturated rings. The Morgan fingerprint density at radius 2 is 1.85 bits per heavy atom. The van der Waals surface area contributed by atoms with Crippen LogP contribution in [0.25, 0.3) is 0 Å². The molecule has 4 heterocycles. The first-order valence-electron chi connectivity index (χ1n) is 11.3. The number of carbonyl (C=O) groups is 2. The molecule has 4 rings (SSSR count). The second-order valence-corrected chi connectivity index (χ2v) is 8.64. The van der Waals surface area contributed by atoms with Crippen LogP contribution in [0, 0.1) is 0 Å². The molecular formula is C22H30N8O4. The lowest BCUT2D eigenvalue weighted by atomic mass is 10.1. The van der Waals surface area contributed by atoms with Crippen molar-refractivity contribution in [3.05, 3.63) is 35.4 Å². The van der Waals surface area contributed by atoms with Crippen molar-refractivity contribution in [2.24, 2.45) is 0 Å². The summed E-state index contributed by atoms with van der Waals surface area (Å²) in [5, 5.41) is 9.24. The minimum atomic E-state index is -0.921. The number of hydrogen-bond acceptors (Lipinski definition) is 10. The lowest BCUT2D eigenvalue weighted by Gasteiger charge is -2.42. The van der Waals surface area contributed by atoms with Crippen molar-refractivity contribution in [2.75, 3.05) is 63.2 Å². The highest BCUT2D eigenvalue weighted by atomic mass is 16.5. The van der Waals surface area contributed by atoms with E-state index in [1.165, 1.54) is 17.3 Å². The van der Waals surface area contributed by atoms with E-state index in [1.54, 1.807) is 13.1 Å². The van der Waals surface area contributed by atoms with E-state index < -0.39 is 12.1 Å². The van der Waals surface area contributed by atoms with Gasteiger partial charge in [-0.05, 0) is 21.0 Å². The second kappa shape index (κ2) is 10.2. The van der Waals surface area contributed by atoms with Crippen LogP contribution < -0.4 is 9.80 Å². The number of carbonyl (C=O) groups excluding carboxylic acids is 1. The zero-order valence-corrected chi connectivity index (χ0v) is 19.7. The Bertz CT molecular complexity index is 1030. The second-order valence-electron chi connectivity index (χ2n) is 8.64. The molecule has 2 aliphatic rings. The van der Waals surface area contributed by atoms with Crippen molar-refractivity contribution in [1.29, 1.82) is 0 Å². The highest BCUT2D eigenvalue weighted by Gasteiger charge is 2.31. The van der Waals surface area contributed by atoms with Gasteiger partial charge in [0, 0.05) is 63.3 Å². The summed E-state index contributed by atoms with van der Waals surface area (Å²) in [6.07, 6.45) is 4.42. The van der Waals surface area contributed by atoms with E-state index in [0.29, 0.717) is 63.2 Å². The highest BCUT2D eigenvalue weighted by Crippen LogP contribution is 2.23. The summed E-state index contributed by atoms with van der Waals surface area (Å²) in [5.74, 6) is 0.795. The van der Waals surface area contributed by atoms with Crippen LogP contribution in [0.15, 0.2) is 18.6 Å². The van der Waals surface area contributed by atoms with Gasteiger partial charge in [0.15, 0.2) is 0 Å². The summed E-state index contributed by atoms with van der Waals surface area (Å²) in [6, 6.07) is 0.0827. The average Bonchev–Trinajstić information content (AvgIpc) is 2.83. The molecule has 0 aliphatic carbocycles. The number of amides is 1. The van der Waals surface area contributed by atoms with Crippen LogP contribution >= 0.6 is 0 Å². The molecule has 12 nitrogen and oxygen atoms in total. The van der Waals surface area contributed by atoms with E-state index in [4.69, 9.17) is 9.72 Å². The summed E-state index contributed by atoms with van der Waals surface area (Å²) < 4.78 is 5.02. The fourth-order valence-corrected chi connectivity index (χ4v) is 4.29. The van der Waals surface area contributed by atoms with Gasteiger partial charge in [-0.25, -0.2) is 29.5 Å². The molecule has 0 radical (unpaired) electrons. The predicted octanol–water partition coefficient (Wildman–Crippen LogP) is 0.736. The number of piperazine rings is 1. The topological polar surface area (TPSA) is 128 Å². The van der Waals surface area contributed by atoms with Crippen LogP contribution in [-0.4, -0.2) is 106 Å². The Morgan fingerprint density at radius 3 is 2.53 bits per heavy atom. The number of likely N-dealkylation sites (N-methyl/N-ethyl adjacent to an activating group) is 1. The first-order valence-corrected chi connectivity index (χ1v) is 11.3. The molecule has 1 atom stereocenters. The molecule has 1 N–H and O–H groups in total. The van der Waals surface area contributed by atoms with Crippen molar-refractivity contribution in [3.8, 4) is 0 Å². The maximum atomic E-state index is 11.9. The molecule has 182 valence electrons. The minimum Gasteiger partial charge on any atom is -0.465 e. The van der Waals surface area contributed by atoms with Crippen LogP contribution in [0.1, 0.15) is 28.5 Å². The normalized spacial score (nSPS) is 18.1. The third-order valence-electron chi connectivity index (χ3n) is 5.94. The van der Waals surface area contributed by atoms with E-state index in [9.17, 15) is 14.7 Å². The van der Waals surface area contributed by atoms with E-state index >= 15 is 0 Å². The van der Waals surface area contributed by atoms with Crippen LogP contribution in [-0.2, 0) is 17.7 Å². The van der Waals surface area contributed by atoms with Crippen molar-refractivity contribution in [3.63, 3.8) is 0 Å². The fourth-order valence-electron chi connectivity index (χ4n) is 4.29. The van der Waals surface area contributed by atoms with Crippen LogP contribution in [0.4, 0.5) is 16.7 Å². The Hall–Kier alpha value is -3.54. The van der Waals surface area contributed by atoms with Crippen LogP contribution in [0.5, 0.6) is 0 Å². The van der Waals surface area contributed by atoms with Gasteiger partial charge in [0.25, 0.3) is 0 Å². The van der Waals surface area contributed by atoms with Crippen molar-refractivity contribution in [1.82, 2.24) is 29.7 Å². The summed E-state index contributed by atoms with van der Waals surface area (Å²) in [5.41, 5.74) is 2.10. The van der Waals surface area contributed by atoms with Gasteiger partial charge < -0.3 is 29.4 Å². The number of hydrogen-bond donors (Lipinski definition) is 1. The Morgan fingerprint density at radius 1 is 1.12 bits per heavy atom. The molecule has 2 aliphatic heterocycles. The zero-order chi connectivity index (χ0) is 24.2. The number of ether oxygens (including phenoxy) is 1. The summed E-state index contributed by atoms with van der Waals surface area (Å²) in [4.78, 5) is 49.2. The van der Waals surface area contributed by atoms with Gasteiger partial charge in [-0.3, -0.25) is 0 Å². The molecule has 0 bridgehead atoms. The van der Waals surface area contributed by atoms with Crippen LogP contribution in [0.2, 0.25) is 0 Å². The van der Waals surface area contributed by atoms with Gasteiger partial charge in [0.1, 0.15) is 0 Å². The molecule has 2 aromatic heterocycles. The maximum Gasteiger partial charge on any atom is 0.407 e. The molecule has 1 saturated heterocycles. The van der Waals surface area contributed by atoms with E-state index in [0.717, 1.165) is 17.8 Å². The Kier molecular flexibility index (Phi) is 7.06. The largest absolute Gasteiger partial charge is 0.465 e. The lowest BCUT2D eigenvalue weighted by molar-refractivity contribution is 0.0525. The van der Waals surface area contributed by atoms with Gasteiger partial charge in [0.05, 0.1) is 30.5 Å². The summed E-state index contributed by atoms with van der Waals surface area (Å²) in [7, 11) is 4.04. The standard InChI is InChI=1S/C22H30N8O4/c1-4-34-19(31)15-9-23-20(24-10-15)30-8-7-28(14-17(30)13-27(2)3)21-25-11-16-12-29(22(32)33)6-5-18(16)26-21/h9-11,17H,4-8,12-14H2,1-3H3,(H,32,33)/t17-/m0/s1. The van der Waals surface area contributed by atoms with Crippen molar-refractivity contribution >= 4 is 24.0 Å². The molecular weight excluding hydrogens is 440 g/mol.